The summed E-state index contributed by atoms with van der Waals surface area (Å²) in [4.78, 5) is 12.6. The highest BCUT2D eigenvalue weighted by Crippen LogP contribution is 2.31. The topological polar surface area (TPSA) is 63.2 Å². The highest BCUT2D eigenvalue weighted by molar-refractivity contribution is 7.90. The standard InChI is InChI=1S/C17H16ClNO3S/c1-23(21,22)12-7-8-15(18)14(10-12)17(20)19-16-9-6-11-4-2-3-5-13(11)16/h2-5,7-8,10,16H,6,9H2,1H3,(H,19,20). The van der Waals surface area contributed by atoms with Crippen molar-refractivity contribution in [3.8, 4) is 0 Å². The van der Waals surface area contributed by atoms with Crippen molar-refractivity contribution in [2.24, 2.45) is 0 Å². The van der Waals surface area contributed by atoms with E-state index in [0.717, 1.165) is 24.7 Å². The molecule has 1 aliphatic rings. The first-order valence-corrected chi connectivity index (χ1v) is 9.51. The fraction of sp³-hybridized carbons (Fsp3) is 0.235. The number of hydrogen-bond acceptors (Lipinski definition) is 3. The average molecular weight is 350 g/mol. The second kappa shape index (κ2) is 5.98. The molecule has 1 atom stereocenters. The van der Waals surface area contributed by atoms with Crippen LogP contribution in [0.2, 0.25) is 5.02 Å². The zero-order chi connectivity index (χ0) is 16.6. The Morgan fingerprint density at radius 3 is 2.70 bits per heavy atom. The molecule has 0 saturated carbocycles. The van der Waals surface area contributed by atoms with Gasteiger partial charge in [-0.2, -0.15) is 0 Å². The lowest BCUT2D eigenvalue weighted by Crippen LogP contribution is -2.27. The first-order chi connectivity index (χ1) is 10.9. The molecule has 1 amide bonds. The van der Waals surface area contributed by atoms with Gasteiger partial charge < -0.3 is 5.32 Å². The van der Waals surface area contributed by atoms with Crippen LogP contribution in [0.5, 0.6) is 0 Å². The van der Waals surface area contributed by atoms with Crippen molar-refractivity contribution >= 4 is 27.3 Å². The van der Waals surface area contributed by atoms with E-state index < -0.39 is 9.84 Å². The van der Waals surface area contributed by atoms with E-state index in [1.54, 1.807) is 0 Å². The van der Waals surface area contributed by atoms with Crippen LogP contribution in [-0.4, -0.2) is 20.6 Å². The molecule has 0 aromatic heterocycles. The molecule has 1 unspecified atom stereocenters. The second-order valence-corrected chi connectivity index (χ2v) is 8.10. The molecule has 4 nitrogen and oxygen atoms in total. The van der Waals surface area contributed by atoms with E-state index in [1.165, 1.54) is 23.8 Å². The minimum atomic E-state index is -3.39. The lowest BCUT2D eigenvalue weighted by Gasteiger charge is -2.15. The Morgan fingerprint density at radius 1 is 1.22 bits per heavy atom. The molecule has 0 aliphatic heterocycles. The molecule has 1 N–H and O–H groups in total. The van der Waals surface area contributed by atoms with E-state index in [9.17, 15) is 13.2 Å². The van der Waals surface area contributed by atoms with E-state index in [1.807, 2.05) is 18.2 Å². The number of halogens is 1. The molecule has 120 valence electrons. The molecule has 0 saturated heterocycles. The van der Waals surface area contributed by atoms with Crippen LogP contribution in [0.1, 0.15) is 33.9 Å². The number of carbonyl (C=O) groups excluding carboxylic acids is 1. The number of amides is 1. The molecule has 0 bridgehead atoms. The number of carbonyl (C=O) groups is 1. The summed E-state index contributed by atoms with van der Waals surface area (Å²) in [5.74, 6) is -0.359. The van der Waals surface area contributed by atoms with Gasteiger partial charge in [-0.05, 0) is 42.2 Å². The number of hydrogen-bond donors (Lipinski definition) is 1. The first-order valence-electron chi connectivity index (χ1n) is 7.24. The second-order valence-electron chi connectivity index (χ2n) is 5.68. The fourth-order valence-electron chi connectivity index (χ4n) is 2.85. The van der Waals surface area contributed by atoms with Gasteiger partial charge >= 0.3 is 0 Å². The van der Waals surface area contributed by atoms with E-state index >= 15 is 0 Å². The normalized spacial score (nSPS) is 16.9. The zero-order valence-electron chi connectivity index (χ0n) is 12.5. The van der Waals surface area contributed by atoms with Crippen LogP contribution < -0.4 is 5.32 Å². The van der Waals surface area contributed by atoms with Gasteiger partial charge in [0, 0.05) is 6.26 Å². The van der Waals surface area contributed by atoms with Gasteiger partial charge in [-0.1, -0.05) is 35.9 Å². The van der Waals surface area contributed by atoms with Gasteiger partial charge in [-0.3, -0.25) is 4.79 Å². The van der Waals surface area contributed by atoms with Gasteiger partial charge in [0.25, 0.3) is 5.91 Å². The molecule has 0 radical (unpaired) electrons. The zero-order valence-corrected chi connectivity index (χ0v) is 14.1. The summed E-state index contributed by atoms with van der Waals surface area (Å²) in [5.41, 5.74) is 2.52. The van der Waals surface area contributed by atoms with Gasteiger partial charge in [0.05, 0.1) is 21.5 Å². The fourth-order valence-corrected chi connectivity index (χ4v) is 3.70. The minimum Gasteiger partial charge on any atom is -0.345 e. The van der Waals surface area contributed by atoms with Crippen LogP contribution in [0.15, 0.2) is 47.4 Å². The Hall–Kier alpha value is -1.85. The SMILES string of the molecule is CS(=O)(=O)c1ccc(Cl)c(C(=O)NC2CCc3ccccc32)c1. The minimum absolute atomic E-state index is 0.0725. The summed E-state index contributed by atoms with van der Waals surface area (Å²) < 4.78 is 23.3. The van der Waals surface area contributed by atoms with Crippen LogP contribution in [0.25, 0.3) is 0 Å². The summed E-state index contributed by atoms with van der Waals surface area (Å²) in [6, 6.07) is 12.1. The van der Waals surface area contributed by atoms with Crippen molar-refractivity contribution in [3.63, 3.8) is 0 Å². The van der Waals surface area contributed by atoms with Gasteiger partial charge in [-0.25, -0.2) is 8.42 Å². The number of rotatable bonds is 3. The molecule has 3 rings (SSSR count). The number of fused-ring (bicyclic) bond motifs is 1. The largest absolute Gasteiger partial charge is 0.345 e. The van der Waals surface area contributed by atoms with Gasteiger partial charge in [0.15, 0.2) is 9.84 Å². The Morgan fingerprint density at radius 2 is 1.96 bits per heavy atom. The predicted molar refractivity (Wildman–Crippen MR) is 89.5 cm³/mol. The lowest BCUT2D eigenvalue weighted by atomic mass is 10.1. The highest BCUT2D eigenvalue weighted by Gasteiger charge is 2.25. The maximum Gasteiger partial charge on any atom is 0.253 e. The lowest BCUT2D eigenvalue weighted by molar-refractivity contribution is 0.0936. The van der Waals surface area contributed by atoms with Crippen LogP contribution in [0.4, 0.5) is 0 Å². The molecule has 2 aromatic rings. The Kier molecular flexibility index (Phi) is 4.17. The number of aryl methyl sites for hydroxylation is 1. The molecule has 0 fully saturated rings. The quantitative estimate of drug-likeness (QED) is 0.925. The maximum atomic E-state index is 12.5. The maximum absolute atomic E-state index is 12.5. The summed E-state index contributed by atoms with van der Waals surface area (Å²) >= 11 is 6.07. The first kappa shape index (κ1) is 16.0. The average Bonchev–Trinajstić information content (AvgIpc) is 2.90. The molecular formula is C17H16ClNO3S. The van der Waals surface area contributed by atoms with Crippen molar-refractivity contribution < 1.29 is 13.2 Å². The Balaban J connectivity index is 1.88. The smallest absolute Gasteiger partial charge is 0.253 e. The third kappa shape index (κ3) is 3.26. The van der Waals surface area contributed by atoms with Crippen molar-refractivity contribution in [1.29, 1.82) is 0 Å². The molecule has 23 heavy (non-hydrogen) atoms. The van der Waals surface area contributed by atoms with E-state index in [4.69, 9.17) is 11.6 Å². The van der Waals surface area contributed by atoms with Crippen molar-refractivity contribution in [2.75, 3.05) is 6.26 Å². The molecule has 0 spiro atoms. The van der Waals surface area contributed by atoms with E-state index in [2.05, 4.69) is 11.4 Å². The summed E-state index contributed by atoms with van der Waals surface area (Å²) in [6.07, 6.45) is 2.85. The molecular weight excluding hydrogens is 334 g/mol. The van der Waals surface area contributed by atoms with Gasteiger partial charge in [-0.15, -0.1) is 0 Å². The number of sulfone groups is 1. The molecule has 0 heterocycles. The van der Waals surface area contributed by atoms with Crippen molar-refractivity contribution in [2.45, 2.75) is 23.8 Å². The van der Waals surface area contributed by atoms with E-state index in [0.29, 0.717) is 0 Å². The molecule has 2 aromatic carbocycles. The van der Waals surface area contributed by atoms with E-state index in [-0.39, 0.29) is 27.4 Å². The molecule has 1 aliphatic carbocycles. The van der Waals surface area contributed by atoms with Crippen molar-refractivity contribution in [3.05, 3.63) is 64.2 Å². The highest BCUT2D eigenvalue weighted by atomic mass is 35.5. The van der Waals surface area contributed by atoms with Crippen LogP contribution in [-0.2, 0) is 16.3 Å². The third-order valence-electron chi connectivity index (χ3n) is 4.05. The van der Waals surface area contributed by atoms with Crippen LogP contribution >= 0.6 is 11.6 Å². The summed E-state index contributed by atoms with van der Waals surface area (Å²) in [7, 11) is -3.39. The Bertz CT molecular complexity index is 877. The van der Waals surface area contributed by atoms with Gasteiger partial charge in [0.1, 0.15) is 0 Å². The van der Waals surface area contributed by atoms with Crippen LogP contribution in [0, 0.1) is 0 Å². The Labute approximate surface area is 140 Å². The summed E-state index contributed by atoms with van der Waals surface area (Å²) in [6.45, 7) is 0. The number of nitrogens with one attached hydrogen (secondary N) is 1. The monoisotopic (exact) mass is 349 g/mol. The van der Waals surface area contributed by atoms with Gasteiger partial charge in [0.2, 0.25) is 0 Å². The third-order valence-corrected chi connectivity index (χ3v) is 5.49. The predicted octanol–water partition coefficient (Wildman–Crippen LogP) is 3.16. The molecule has 6 heteroatoms. The van der Waals surface area contributed by atoms with Crippen molar-refractivity contribution in [1.82, 2.24) is 5.32 Å². The summed E-state index contributed by atoms with van der Waals surface area (Å²) in [5, 5.41) is 3.19. The van der Waals surface area contributed by atoms with Crippen LogP contribution in [0.3, 0.4) is 0 Å². The number of benzene rings is 2.